The Kier molecular flexibility index (Phi) is 5.54. The smallest absolute Gasteiger partial charge is 0.0973 e. The Hall–Kier alpha value is -5.86. The van der Waals surface area contributed by atoms with Gasteiger partial charge >= 0.3 is 0 Å². The zero-order valence-corrected chi connectivity index (χ0v) is 23.9. The first-order valence-electron chi connectivity index (χ1n) is 15.0. The van der Waals surface area contributed by atoms with Gasteiger partial charge in [0.05, 0.1) is 22.4 Å². The third-order valence-corrected chi connectivity index (χ3v) is 8.83. The lowest BCUT2D eigenvalue weighted by molar-refractivity contribution is 1.29. The lowest BCUT2D eigenvalue weighted by Gasteiger charge is -2.14. The second kappa shape index (κ2) is 9.86. The maximum atomic E-state index is 5.22. The van der Waals surface area contributed by atoms with E-state index < -0.39 is 0 Å². The van der Waals surface area contributed by atoms with E-state index in [4.69, 9.17) is 9.97 Å². The fourth-order valence-electron chi connectivity index (χ4n) is 6.65. The van der Waals surface area contributed by atoms with Crippen molar-refractivity contribution in [3.8, 4) is 33.6 Å². The van der Waals surface area contributed by atoms with E-state index in [1.807, 2.05) is 24.3 Å². The topological polar surface area (TPSA) is 25.8 Å². The van der Waals surface area contributed by atoms with E-state index in [0.29, 0.717) is 0 Å². The predicted octanol–water partition coefficient (Wildman–Crippen LogP) is 11.2. The first-order valence-corrected chi connectivity index (χ1v) is 15.0. The van der Waals surface area contributed by atoms with E-state index in [1.54, 1.807) is 0 Å². The van der Waals surface area contributed by atoms with Crippen LogP contribution in [-0.2, 0) is 0 Å². The summed E-state index contributed by atoms with van der Waals surface area (Å²) in [6.07, 6.45) is 0. The van der Waals surface area contributed by atoms with Crippen molar-refractivity contribution < 1.29 is 0 Å². The normalized spacial score (nSPS) is 11.6. The van der Waals surface area contributed by atoms with Crippen LogP contribution >= 0.6 is 0 Å². The highest BCUT2D eigenvalue weighted by Gasteiger charge is 2.16. The number of fused-ring (bicyclic) bond motifs is 8. The first kappa shape index (κ1) is 24.7. The molecular formula is C42H26N2. The number of hydrogen-bond acceptors (Lipinski definition) is 2. The van der Waals surface area contributed by atoms with Crippen LogP contribution in [0.25, 0.3) is 87.8 Å². The average molecular weight is 559 g/mol. The lowest BCUT2D eigenvalue weighted by atomic mass is 9.92. The Morgan fingerprint density at radius 2 is 0.727 bits per heavy atom. The summed E-state index contributed by atoms with van der Waals surface area (Å²) in [5, 5.41) is 10.0. The molecule has 9 aromatic rings. The van der Waals surface area contributed by atoms with Crippen LogP contribution in [-0.4, -0.2) is 9.97 Å². The molecule has 0 aliphatic carbocycles. The third-order valence-electron chi connectivity index (χ3n) is 8.83. The minimum absolute atomic E-state index is 0.887. The molecule has 2 nitrogen and oxygen atoms in total. The van der Waals surface area contributed by atoms with Gasteiger partial charge in [-0.3, -0.25) is 0 Å². The van der Waals surface area contributed by atoms with E-state index in [9.17, 15) is 0 Å². The SMILES string of the molecule is c1ccc2cc(-c3ccc(-c4nc5ccccc5nc4-c4ccc5c6ccccc6c6ccccc6c5c4)cc3)ccc2c1. The van der Waals surface area contributed by atoms with E-state index in [2.05, 4.69) is 133 Å². The largest absolute Gasteiger partial charge is 0.244 e. The molecule has 9 rings (SSSR count). The van der Waals surface area contributed by atoms with Gasteiger partial charge in [-0.05, 0) is 78.5 Å². The molecule has 1 heterocycles. The van der Waals surface area contributed by atoms with Gasteiger partial charge in [-0.25, -0.2) is 9.97 Å². The molecule has 0 amide bonds. The van der Waals surface area contributed by atoms with Gasteiger partial charge in [-0.15, -0.1) is 0 Å². The fourth-order valence-corrected chi connectivity index (χ4v) is 6.65. The molecule has 0 fully saturated rings. The zero-order valence-electron chi connectivity index (χ0n) is 23.9. The molecule has 0 unspecified atom stereocenters. The van der Waals surface area contributed by atoms with E-state index in [-0.39, 0.29) is 0 Å². The molecule has 44 heavy (non-hydrogen) atoms. The van der Waals surface area contributed by atoms with Gasteiger partial charge in [0.1, 0.15) is 0 Å². The van der Waals surface area contributed by atoms with E-state index in [1.165, 1.54) is 54.2 Å². The summed E-state index contributed by atoms with van der Waals surface area (Å²) < 4.78 is 0. The van der Waals surface area contributed by atoms with Crippen LogP contribution in [0, 0.1) is 0 Å². The van der Waals surface area contributed by atoms with Crippen molar-refractivity contribution in [1.82, 2.24) is 9.97 Å². The summed E-state index contributed by atoms with van der Waals surface area (Å²) >= 11 is 0. The molecule has 0 spiro atoms. The summed E-state index contributed by atoms with van der Waals surface area (Å²) in [6.45, 7) is 0. The monoisotopic (exact) mass is 558 g/mol. The van der Waals surface area contributed by atoms with Crippen LogP contribution in [0.4, 0.5) is 0 Å². The van der Waals surface area contributed by atoms with Gasteiger partial charge in [-0.2, -0.15) is 0 Å². The number of para-hydroxylation sites is 2. The molecule has 0 N–H and O–H groups in total. The molecule has 0 saturated heterocycles. The fraction of sp³-hybridized carbons (Fsp3) is 0. The molecule has 0 atom stereocenters. The van der Waals surface area contributed by atoms with Crippen molar-refractivity contribution >= 4 is 54.1 Å². The van der Waals surface area contributed by atoms with Crippen molar-refractivity contribution in [2.75, 3.05) is 0 Å². The van der Waals surface area contributed by atoms with Crippen LogP contribution in [0.1, 0.15) is 0 Å². The van der Waals surface area contributed by atoms with Gasteiger partial charge in [0.25, 0.3) is 0 Å². The average Bonchev–Trinajstić information content (AvgIpc) is 3.11. The molecule has 0 aliphatic rings. The maximum Gasteiger partial charge on any atom is 0.0973 e. The molecule has 0 aliphatic heterocycles. The van der Waals surface area contributed by atoms with Gasteiger partial charge in [-0.1, -0.05) is 133 Å². The molecule has 2 heteroatoms. The van der Waals surface area contributed by atoms with Crippen LogP contribution in [0.5, 0.6) is 0 Å². The van der Waals surface area contributed by atoms with Gasteiger partial charge < -0.3 is 0 Å². The molecule has 0 saturated carbocycles. The standard InChI is InChI=1S/C42H26N2/c1-2-10-30-25-31(22-19-27(30)9-1)28-17-20-29(21-18-28)41-42(44-40-16-8-7-15-39(40)43-41)32-23-24-37-35-13-4-3-11-33(35)34-12-5-6-14-36(34)38(37)26-32/h1-26H. The lowest BCUT2D eigenvalue weighted by Crippen LogP contribution is -1.96. The van der Waals surface area contributed by atoms with Gasteiger partial charge in [0, 0.05) is 11.1 Å². The Morgan fingerprint density at radius 1 is 0.273 bits per heavy atom. The first-order chi connectivity index (χ1) is 21.8. The number of rotatable bonds is 3. The van der Waals surface area contributed by atoms with Crippen molar-refractivity contribution in [3.63, 3.8) is 0 Å². The maximum absolute atomic E-state index is 5.22. The molecule has 0 bridgehead atoms. The predicted molar refractivity (Wildman–Crippen MR) is 186 cm³/mol. The highest BCUT2D eigenvalue weighted by molar-refractivity contribution is 6.25. The summed E-state index contributed by atoms with van der Waals surface area (Å²) in [4.78, 5) is 10.4. The van der Waals surface area contributed by atoms with E-state index >= 15 is 0 Å². The Labute approximate surface area is 254 Å². The van der Waals surface area contributed by atoms with Crippen molar-refractivity contribution in [1.29, 1.82) is 0 Å². The van der Waals surface area contributed by atoms with Gasteiger partial charge in [0.15, 0.2) is 0 Å². The van der Waals surface area contributed by atoms with Gasteiger partial charge in [0.2, 0.25) is 0 Å². The Morgan fingerprint density at radius 3 is 1.39 bits per heavy atom. The number of benzene rings is 8. The molecule has 8 aromatic carbocycles. The number of nitrogens with zero attached hydrogens (tertiary/aromatic N) is 2. The molecular weight excluding hydrogens is 532 g/mol. The van der Waals surface area contributed by atoms with Crippen LogP contribution in [0.3, 0.4) is 0 Å². The highest BCUT2D eigenvalue weighted by atomic mass is 14.8. The van der Waals surface area contributed by atoms with Crippen LogP contribution in [0.15, 0.2) is 158 Å². The zero-order chi connectivity index (χ0) is 29.0. The minimum atomic E-state index is 0.887. The molecule has 1 aromatic heterocycles. The summed E-state index contributed by atoms with van der Waals surface area (Å²) in [7, 11) is 0. The second-order valence-electron chi connectivity index (χ2n) is 11.4. The third kappa shape index (κ3) is 3.96. The highest BCUT2D eigenvalue weighted by Crippen LogP contribution is 2.39. The summed E-state index contributed by atoms with van der Waals surface area (Å²) in [5.74, 6) is 0. The number of hydrogen-bond donors (Lipinski definition) is 0. The van der Waals surface area contributed by atoms with E-state index in [0.717, 1.165) is 33.5 Å². The Balaban J connectivity index is 1.24. The minimum Gasteiger partial charge on any atom is -0.244 e. The second-order valence-corrected chi connectivity index (χ2v) is 11.4. The van der Waals surface area contributed by atoms with Crippen molar-refractivity contribution in [3.05, 3.63) is 158 Å². The van der Waals surface area contributed by atoms with Crippen molar-refractivity contribution in [2.45, 2.75) is 0 Å². The van der Waals surface area contributed by atoms with Crippen LogP contribution in [0.2, 0.25) is 0 Å². The number of aromatic nitrogens is 2. The summed E-state index contributed by atoms with van der Waals surface area (Å²) in [5.41, 5.74) is 8.05. The van der Waals surface area contributed by atoms with Crippen molar-refractivity contribution in [2.24, 2.45) is 0 Å². The molecule has 204 valence electrons. The quantitative estimate of drug-likeness (QED) is 0.202. The molecule has 0 radical (unpaired) electrons. The van der Waals surface area contributed by atoms with Crippen LogP contribution < -0.4 is 0 Å². The Bertz CT molecular complexity index is 2510. The summed E-state index contributed by atoms with van der Waals surface area (Å²) in [6, 6.07) is 56.2.